The molecule has 194 valence electrons. The normalized spacial score (nSPS) is 20.2. The Bertz CT molecular complexity index is 1270. The first-order chi connectivity index (χ1) is 17.6. The first-order valence-corrected chi connectivity index (χ1v) is 12.3. The van der Waals surface area contributed by atoms with Gasteiger partial charge in [0.15, 0.2) is 5.78 Å². The molecule has 1 saturated carbocycles. The molecule has 0 bridgehead atoms. The largest absolute Gasteiger partial charge is 0.465 e. The molecular weight excluding hydrogens is 472 g/mol. The van der Waals surface area contributed by atoms with E-state index in [1.165, 1.54) is 14.0 Å². The van der Waals surface area contributed by atoms with Crippen LogP contribution in [0.4, 0.5) is 10.5 Å². The number of carbonyl (C=O) groups excluding carboxylic acids is 3. The highest BCUT2D eigenvalue weighted by molar-refractivity contribution is 6.36. The molecule has 37 heavy (non-hydrogen) atoms. The van der Waals surface area contributed by atoms with E-state index in [1.54, 1.807) is 42.5 Å². The van der Waals surface area contributed by atoms with Crippen molar-refractivity contribution in [2.24, 2.45) is 0 Å². The van der Waals surface area contributed by atoms with E-state index in [4.69, 9.17) is 5.11 Å². The molecule has 0 radical (unpaired) electrons. The third kappa shape index (κ3) is 5.41. The molecule has 0 saturated heterocycles. The Morgan fingerprint density at radius 3 is 2.08 bits per heavy atom. The van der Waals surface area contributed by atoms with E-state index >= 15 is 0 Å². The number of ketones is 1. The summed E-state index contributed by atoms with van der Waals surface area (Å²) in [6.07, 6.45) is 2.58. The maximum atomic E-state index is 13.2. The number of fused-ring (bicyclic) bond motifs is 1. The Morgan fingerprint density at radius 2 is 1.51 bits per heavy atom. The van der Waals surface area contributed by atoms with Crippen molar-refractivity contribution in [1.82, 2.24) is 15.1 Å². The molecule has 9 nitrogen and oxygen atoms in total. The number of nitrogens with zero attached hydrogens (tertiary/aromatic N) is 2. The number of benzene rings is 2. The second-order valence-electron chi connectivity index (χ2n) is 9.86. The van der Waals surface area contributed by atoms with E-state index < -0.39 is 12.0 Å². The van der Waals surface area contributed by atoms with Crippen molar-refractivity contribution < 1.29 is 24.3 Å². The van der Waals surface area contributed by atoms with Crippen molar-refractivity contribution in [3.05, 3.63) is 64.7 Å². The molecule has 0 unspecified atom stereocenters. The Kier molecular flexibility index (Phi) is 7.45. The van der Waals surface area contributed by atoms with Crippen LogP contribution in [-0.2, 0) is 4.79 Å². The van der Waals surface area contributed by atoms with Crippen LogP contribution in [-0.4, -0.2) is 71.8 Å². The zero-order chi connectivity index (χ0) is 26.9. The van der Waals surface area contributed by atoms with Crippen LogP contribution in [0, 0.1) is 0 Å². The summed E-state index contributed by atoms with van der Waals surface area (Å²) < 4.78 is 0. The lowest BCUT2D eigenvalue weighted by Gasteiger charge is -2.34. The van der Waals surface area contributed by atoms with Crippen molar-refractivity contribution >= 4 is 40.6 Å². The van der Waals surface area contributed by atoms with E-state index in [0.29, 0.717) is 44.6 Å². The van der Waals surface area contributed by atoms with Gasteiger partial charge in [0.05, 0.1) is 11.3 Å². The van der Waals surface area contributed by atoms with Crippen LogP contribution in [0.5, 0.6) is 0 Å². The summed E-state index contributed by atoms with van der Waals surface area (Å²) in [7, 11) is 5.37. The van der Waals surface area contributed by atoms with Gasteiger partial charge in [0.1, 0.15) is 0 Å². The monoisotopic (exact) mass is 504 g/mol. The van der Waals surface area contributed by atoms with Crippen molar-refractivity contribution in [3.8, 4) is 0 Å². The summed E-state index contributed by atoms with van der Waals surface area (Å²) in [5.41, 5.74) is 3.76. The molecule has 1 fully saturated rings. The minimum absolute atomic E-state index is 0.0940. The SMILES string of the molecule is CC(=O)c1ccc2c(c1)C(=C(N[C@H]1CC[C@H](N(C)C)CC1)c1ccc(C(=O)N(C)C(=O)O)cc1)C(=O)N2. The Morgan fingerprint density at radius 1 is 0.919 bits per heavy atom. The van der Waals surface area contributed by atoms with Gasteiger partial charge in [0, 0.05) is 41.5 Å². The highest BCUT2D eigenvalue weighted by Crippen LogP contribution is 2.38. The molecule has 0 spiro atoms. The number of nitrogens with one attached hydrogen (secondary N) is 2. The maximum absolute atomic E-state index is 13.2. The smallest absolute Gasteiger partial charge is 0.414 e. The van der Waals surface area contributed by atoms with Crippen molar-refractivity contribution in [1.29, 1.82) is 0 Å². The molecule has 0 aromatic heterocycles. The zero-order valence-electron chi connectivity index (χ0n) is 21.5. The maximum Gasteiger partial charge on any atom is 0.414 e. The molecular formula is C28H32N4O5. The molecule has 4 rings (SSSR count). The number of amides is 3. The number of hydrogen-bond donors (Lipinski definition) is 3. The van der Waals surface area contributed by atoms with Crippen LogP contribution < -0.4 is 10.6 Å². The molecule has 9 heteroatoms. The standard InChI is InChI=1S/C28H32N4O5/c1-16(33)19-9-14-23-22(15-19)24(26(34)30-23)25(29-20-10-12-21(13-11-20)31(2)3)17-5-7-18(8-6-17)27(35)32(4)28(36)37/h5-9,14-15,20-21,29H,10-13H2,1-4H3,(H,30,34)(H,36,37)/t20-,21-. The number of Topliss-reactive ketones (excluding diaryl/α,β-unsaturated/α-hetero) is 1. The lowest BCUT2D eigenvalue weighted by Crippen LogP contribution is -2.39. The molecule has 3 N–H and O–H groups in total. The number of anilines is 1. The minimum atomic E-state index is -1.34. The average Bonchev–Trinajstić information content (AvgIpc) is 3.21. The number of carbonyl (C=O) groups is 4. The van der Waals surface area contributed by atoms with Gasteiger partial charge < -0.3 is 20.6 Å². The van der Waals surface area contributed by atoms with Crippen LogP contribution in [0.3, 0.4) is 0 Å². The van der Waals surface area contributed by atoms with Crippen LogP contribution in [0.25, 0.3) is 11.3 Å². The zero-order valence-corrected chi connectivity index (χ0v) is 21.5. The van der Waals surface area contributed by atoms with Gasteiger partial charge in [-0.25, -0.2) is 9.69 Å². The van der Waals surface area contributed by atoms with Crippen molar-refractivity contribution in [2.75, 3.05) is 26.5 Å². The number of rotatable bonds is 6. The summed E-state index contributed by atoms with van der Waals surface area (Å²) in [5, 5.41) is 15.6. The minimum Gasteiger partial charge on any atom is -0.465 e. The van der Waals surface area contributed by atoms with Crippen LogP contribution >= 0.6 is 0 Å². The van der Waals surface area contributed by atoms with Crippen LogP contribution in [0.15, 0.2) is 42.5 Å². The molecule has 3 amide bonds. The van der Waals surface area contributed by atoms with Gasteiger partial charge in [-0.05, 0) is 82.6 Å². The van der Waals surface area contributed by atoms with Gasteiger partial charge in [0.2, 0.25) is 0 Å². The topological polar surface area (TPSA) is 119 Å². The third-order valence-corrected chi connectivity index (χ3v) is 7.21. The molecule has 2 aromatic rings. The van der Waals surface area contributed by atoms with E-state index in [0.717, 1.165) is 25.7 Å². The fourth-order valence-electron chi connectivity index (χ4n) is 4.93. The quantitative estimate of drug-likeness (QED) is 0.403. The van der Waals surface area contributed by atoms with E-state index in [9.17, 15) is 19.2 Å². The van der Waals surface area contributed by atoms with Crippen LogP contribution in [0.2, 0.25) is 0 Å². The Balaban J connectivity index is 1.75. The fourth-order valence-corrected chi connectivity index (χ4v) is 4.93. The summed E-state index contributed by atoms with van der Waals surface area (Å²) in [5.74, 6) is -1.01. The third-order valence-electron chi connectivity index (χ3n) is 7.21. The summed E-state index contributed by atoms with van der Waals surface area (Å²) in [6, 6.07) is 12.4. The molecule has 0 atom stereocenters. The van der Waals surface area contributed by atoms with Crippen molar-refractivity contribution in [2.45, 2.75) is 44.7 Å². The van der Waals surface area contributed by atoms with Gasteiger partial charge in [-0.2, -0.15) is 0 Å². The lowest BCUT2D eigenvalue weighted by atomic mass is 9.89. The second kappa shape index (κ2) is 10.6. The Labute approximate surface area is 216 Å². The summed E-state index contributed by atoms with van der Waals surface area (Å²) >= 11 is 0. The van der Waals surface area contributed by atoms with E-state index in [2.05, 4.69) is 29.6 Å². The van der Waals surface area contributed by atoms with Gasteiger partial charge in [-0.3, -0.25) is 14.4 Å². The lowest BCUT2D eigenvalue weighted by molar-refractivity contribution is -0.110. The van der Waals surface area contributed by atoms with E-state index in [-0.39, 0.29) is 23.3 Å². The highest BCUT2D eigenvalue weighted by atomic mass is 16.4. The summed E-state index contributed by atoms with van der Waals surface area (Å²) in [4.78, 5) is 51.8. The molecule has 1 heterocycles. The van der Waals surface area contributed by atoms with Gasteiger partial charge in [-0.1, -0.05) is 12.1 Å². The number of imide groups is 1. The van der Waals surface area contributed by atoms with Gasteiger partial charge >= 0.3 is 6.09 Å². The molecule has 1 aliphatic heterocycles. The number of hydrogen-bond acceptors (Lipinski definition) is 6. The van der Waals surface area contributed by atoms with E-state index in [1.807, 2.05) is 0 Å². The Hall–Kier alpha value is -3.98. The average molecular weight is 505 g/mol. The van der Waals surface area contributed by atoms with Gasteiger partial charge in [-0.15, -0.1) is 0 Å². The number of carboxylic acid groups (broad SMARTS) is 1. The van der Waals surface area contributed by atoms with Gasteiger partial charge in [0.25, 0.3) is 11.8 Å². The summed E-state index contributed by atoms with van der Waals surface area (Å²) in [6.45, 7) is 1.49. The fraction of sp³-hybridized carbons (Fsp3) is 0.357. The molecule has 2 aromatic carbocycles. The predicted molar refractivity (Wildman–Crippen MR) is 141 cm³/mol. The van der Waals surface area contributed by atoms with Crippen molar-refractivity contribution in [3.63, 3.8) is 0 Å². The molecule has 2 aliphatic rings. The predicted octanol–water partition coefficient (Wildman–Crippen LogP) is 3.92. The first kappa shape index (κ1) is 26.1. The molecule has 1 aliphatic carbocycles. The second-order valence-corrected chi connectivity index (χ2v) is 9.86. The highest BCUT2D eigenvalue weighted by Gasteiger charge is 2.31. The van der Waals surface area contributed by atoms with Crippen LogP contribution in [0.1, 0.15) is 64.4 Å². The first-order valence-electron chi connectivity index (χ1n) is 12.3.